The first-order valence-corrected chi connectivity index (χ1v) is 1.96. The molecule has 2 N–H and O–H groups in total. The lowest BCUT2D eigenvalue weighted by molar-refractivity contribution is 0.179. The Morgan fingerprint density at radius 1 is 1.67 bits per heavy atom. The molecule has 2 nitrogen and oxygen atoms in total. The van der Waals surface area contributed by atoms with E-state index in [1.807, 2.05) is 13.8 Å². The van der Waals surface area contributed by atoms with Crippen LogP contribution in [-0.4, -0.2) is 0 Å². The van der Waals surface area contributed by atoms with Gasteiger partial charge in [-0.2, -0.15) is 0 Å². The summed E-state index contributed by atoms with van der Waals surface area (Å²) in [5.41, 5.74) is 0. The van der Waals surface area contributed by atoms with Gasteiger partial charge in [0.1, 0.15) is 6.61 Å². The molecule has 0 fully saturated rings. The largest absolute Gasteiger partial charge is 0.298 e. The highest BCUT2D eigenvalue weighted by Gasteiger charge is 1.87. The van der Waals surface area contributed by atoms with Crippen LogP contribution in [0.25, 0.3) is 0 Å². The molecule has 0 heterocycles. The van der Waals surface area contributed by atoms with E-state index in [4.69, 9.17) is 0 Å². The SMILES string of the molecule is CC(C)[CH]ON. The van der Waals surface area contributed by atoms with Crippen LogP contribution < -0.4 is 5.90 Å². The van der Waals surface area contributed by atoms with Crippen molar-refractivity contribution < 1.29 is 4.84 Å². The molecule has 6 heavy (non-hydrogen) atoms. The van der Waals surface area contributed by atoms with Gasteiger partial charge in [-0.25, -0.2) is 5.90 Å². The van der Waals surface area contributed by atoms with E-state index in [-0.39, 0.29) is 0 Å². The van der Waals surface area contributed by atoms with Gasteiger partial charge >= 0.3 is 0 Å². The normalized spacial score (nSPS) is 10.0. The Hall–Kier alpha value is -0.0800. The standard InChI is InChI=1S/C4H10NO/c1-4(2)3-6-5/h3-4H,5H2,1-2H3. The van der Waals surface area contributed by atoms with Gasteiger partial charge in [-0.3, -0.25) is 4.84 Å². The Kier molecular flexibility index (Phi) is 3.08. The summed E-state index contributed by atoms with van der Waals surface area (Å²) in [6, 6.07) is 0. The van der Waals surface area contributed by atoms with E-state index >= 15 is 0 Å². The zero-order chi connectivity index (χ0) is 4.99. The summed E-state index contributed by atoms with van der Waals surface area (Å²) in [4.78, 5) is 4.18. The Morgan fingerprint density at radius 2 is 2.17 bits per heavy atom. The molecule has 0 aliphatic rings. The van der Waals surface area contributed by atoms with Crippen LogP contribution >= 0.6 is 0 Å². The Labute approximate surface area is 38.2 Å². The van der Waals surface area contributed by atoms with Gasteiger partial charge in [-0.1, -0.05) is 13.8 Å². The molecule has 0 aromatic carbocycles. The van der Waals surface area contributed by atoms with Crippen LogP contribution in [0.5, 0.6) is 0 Å². The van der Waals surface area contributed by atoms with Gasteiger partial charge in [0.15, 0.2) is 0 Å². The van der Waals surface area contributed by atoms with E-state index in [9.17, 15) is 0 Å². The summed E-state index contributed by atoms with van der Waals surface area (Å²) in [6.07, 6.45) is 0. The molecule has 0 aliphatic heterocycles. The lowest BCUT2D eigenvalue weighted by atomic mass is 10.2. The second-order valence-corrected chi connectivity index (χ2v) is 1.52. The molecular formula is C4H10NO. The van der Waals surface area contributed by atoms with E-state index in [0.717, 1.165) is 0 Å². The second-order valence-electron chi connectivity index (χ2n) is 1.52. The minimum absolute atomic E-state index is 0.426. The predicted molar refractivity (Wildman–Crippen MR) is 24.4 cm³/mol. The Morgan fingerprint density at radius 3 is 2.17 bits per heavy atom. The number of hydrogen-bond acceptors (Lipinski definition) is 2. The minimum Gasteiger partial charge on any atom is -0.298 e. The number of nitrogens with two attached hydrogens (primary N) is 1. The molecule has 0 saturated carbocycles. The van der Waals surface area contributed by atoms with E-state index in [0.29, 0.717) is 5.92 Å². The van der Waals surface area contributed by atoms with Gasteiger partial charge in [-0.15, -0.1) is 0 Å². The van der Waals surface area contributed by atoms with Gasteiger partial charge in [-0.05, 0) is 5.92 Å². The van der Waals surface area contributed by atoms with Crippen LogP contribution in [0.15, 0.2) is 0 Å². The molecule has 0 amide bonds. The Balaban J connectivity index is 2.63. The Bertz CT molecular complexity index is 28.7. The lowest BCUT2D eigenvalue weighted by Gasteiger charge is -1.95. The second kappa shape index (κ2) is 3.12. The fourth-order valence-corrected chi connectivity index (χ4v) is 0.157. The highest BCUT2D eigenvalue weighted by molar-refractivity contribution is 4.51. The van der Waals surface area contributed by atoms with Crippen molar-refractivity contribution in [2.75, 3.05) is 0 Å². The van der Waals surface area contributed by atoms with Crippen LogP contribution in [0.3, 0.4) is 0 Å². The van der Waals surface area contributed by atoms with E-state index in [1.165, 1.54) is 0 Å². The zero-order valence-electron chi connectivity index (χ0n) is 4.14. The van der Waals surface area contributed by atoms with E-state index in [2.05, 4.69) is 10.7 Å². The smallest absolute Gasteiger partial charge is 0.109 e. The predicted octanol–water partition coefficient (Wildman–Crippen LogP) is 0.694. The first kappa shape index (κ1) is 5.92. The summed E-state index contributed by atoms with van der Waals surface area (Å²) >= 11 is 0. The summed E-state index contributed by atoms with van der Waals surface area (Å²) in [5.74, 6) is 5.10. The maximum atomic E-state index is 4.67. The molecule has 0 saturated heterocycles. The summed E-state index contributed by atoms with van der Waals surface area (Å²) in [7, 11) is 0. The number of rotatable bonds is 2. The fourth-order valence-electron chi connectivity index (χ4n) is 0.157. The van der Waals surface area contributed by atoms with Crippen molar-refractivity contribution in [1.29, 1.82) is 0 Å². The van der Waals surface area contributed by atoms with Crippen LogP contribution in [0.4, 0.5) is 0 Å². The van der Waals surface area contributed by atoms with Crippen molar-refractivity contribution in [3.05, 3.63) is 6.61 Å². The molecule has 0 rings (SSSR count). The maximum absolute atomic E-state index is 4.67. The minimum atomic E-state index is 0.426. The average molecular weight is 88.1 g/mol. The van der Waals surface area contributed by atoms with Crippen molar-refractivity contribution in [3.8, 4) is 0 Å². The fraction of sp³-hybridized carbons (Fsp3) is 0.750. The molecule has 0 spiro atoms. The molecule has 37 valence electrons. The van der Waals surface area contributed by atoms with Gasteiger partial charge in [0.05, 0.1) is 0 Å². The molecule has 0 aromatic rings. The average Bonchev–Trinajstić information content (AvgIpc) is 1.35. The van der Waals surface area contributed by atoms with Gasteiger partial charge < -0.3 is 0 Å². The van der Waals surface area contributed by atoms with E-state index in [1.54, 1.807) is 6.61 Å². The highest BCUT2D eigenvalue weighted by atomic mass is 16.6. The van der Waals surface area contributed by atoms with Gasteiger partial charge in [0, 0.05) is 0 Å². The monoisotopic (exact) mass is 88.1 g/mol. The summed E-state index contributed by atoms with van der Waals surface area (Å²) in [6.45, 7) is 5.56. The van der Waals surface area contributed by atoms with Crippen molar-refractivity contribution in [2.45, 2.75) is 13.8 Å². The summed E-state index contributed by atoms with van der Waals surface area (Å²) < 4.78 is 0. The molecule has 0 atom stereocenters. The van der Waals surface area contributed by atoms with Gasteiger partial charge in [0.2, 0.25) is 0 Å². The molecule has 1 radical (unpaired) electrons. The molecule has 0 aromatic heterocycles. The first-order valence-electron chi connectivity index (χ1n) is 1.96. The third-order valence-corrected chi connectivity index (χ3v) is 0.351. The zero-order valence-corrected chi connectivity index (χ0v) is 4.14. The third-order valence-electron chi connectivity index (χ3n) is 0.351. The third kappa shape index (κ3) is 3.92. The topological polar surface area (TPSA) is 35.2 Å². The van der Waals surface area contributed by atoms with Crippen LogP contribution in [0.2, 0.25) is 0 Å². The molecule has 0 bridgehead atoms. The van der Waals surface area contributed by atoms with Gasteiger partial charge in [0.25, 0.3) is 0 Å². The maximum Gasteiger partial charge on any atom is 0.109 e. The quantitative estimate of drug-likeness (QED) is 0.504. The molecule has 2 heteroatoms. The molecule has 0 unspecified atom stereocenters. The summed E-state index contributed by atoms with van der Waals surface area (Å²) in [5, 5.41) is 0. The van der Waals surface area contributed by atoms with Crippen LogP contribution in [0.1, 0.15) is 13.8 Å². The van der Waals surface area contributed by atoms with Crippen molar-refractivity contribution in [3.63, 3.8) is 0 Å². The molecule has 0 aliphatic carbocycles. The lowest BCUT2D eigenvalue weighted by Crippen LogP contribution is -1.99. The number of hydrogen-bond donors (Lipinski definition) is 1. The van der Waals surface area contributed by atoms with Crippen molar-refractivity contribution in [2.24, 2.45) is 11.8 Å². The molecular weight excluding hydrogens is 78.0 g/mol. The first-order chi connectivity index (χ1) is 2.77. The highest BCUT2D eigenvalue weighted by Crippen LogP contribution is 1.93. The van der Waals surface area contributed by atoms with Crippen LogP contribution in [-0.2, 0) is 4.84 Å². The van der Waals surface area contributed by atoms with Crippen LogP contribution in [0, 0.1) is 12.5 Å². The van der Waals surface area contributed by atoms with Crippen molar-refractivity contribution >= 4 is 0 Å². The van der Waals surface area contributed by atoms with Crippen molar-refractivity contribution in [1.82, 2.24) is 0 Å². The van der Waals surface area contributed by atoms with E-state index < -0.39 is 0 Å².